The molecule has 3 aromatic rings. The number of ether oxygens (including phenoxy) is 1. The molecule has 10 nitrogen and oxygen atoms in total. The van der Waals surface area contributed by atoms with Gasteiger partial charge in [0, 0.05) is 31.7 Å². The van der Waals surface area contributed by atoms with Gasteiger partial charge in [0.15, 0.2) is 0 Å². The second-order valence-electron chi connectivity index (χ2n) is 7.77. The smallest absolute Gasteiger partial charge is 0.256 e. The highest BCUT2D eigenvalue weighted by Gasteiger charge is 2.27. The molecule has 1 aliphatic heterocycles. The molecule has 3 heterocycles. The molecule has 0 bridgehead atoms. The van der Waals surface area contributed by atoms with Crippen LogP contribution in [0.4, 0.5) is 11.8 Å². The van der Waals surface area contributed by atoms with E-state index < -0.39 is 0 Å². The Balaban J connectivity index is 0.00000121. The highest BCUT2D eigenvalue weighted by Crippen LogP contribution is 2.27. The molecule has 0 saturated carbocycles. The predicted molar refractivity (Wildman–Crippen MR) is 151 cm³/mol. The van der Waals surface area contributed by atoms with Gasteiger partial charge in [-0.3, -0.25) is 4.79 Å². The van der Waals surface area contributed by atoms with Crippen LogP contribution in [0.5, 0.6) is 5.75 Å². The van der Waals surface area contributed by atoms with Gasteiger partial charge >= 0.3 is 0 Å². The number of aromatic nitrogens is 4. The summed E-state index contributed by atoms with van der Waals surface area (Å²) >= 11 is 6.25. The number of anilines is 2. The molecule has 1 unspecified atom stereocenters. The van der Waals surface area contributed by atoms with E-state index in [1.54, 1.807) is 37.7 Å². The number of amides is 1. The monoisotopic (exact) mass is 543 g/mol. The zero-order valence-electron chi connectivity index (χ0n) is 22.7. The van der Waals surface area contributed by atoms with Crippen molar-refractivity contribution < 1.29 is 14.6 Å². The lowest BCUT2D eigenvalue weighted by atomic mass is 10.2. The summed E-state index contributed by atoms with van der Waals surface area (Å²) in [5, 5.41) is 16.2. The van der Waals surface area contributed by atoms with E-state index in [1.807, 2.05) is 38.7 Å². The predicted octanol–water partition coefficient (Wildman–Crippen LogP) is 4.48. The number of nitrogens with zero attached hydrogens (tertiary/aromatic N) is 5. The molecule has 1 amide bonds. The summed E-state index contributed by atoms with van der Waals surface area (Å²) in [6, 6.07) is 7.14. The first-order valence-electron chi connectivity index (χ1n) is 12.9. The average Bonchev–Trinajstić information content (AvgIpc) is 3.46. The number of nitrogens with one attached hydrogen (secondary N) is 2. The lowest BCUT2D eigenvalue weighted by Gasteiger charge is -2.24. The van der Waals surface area contributed by atoms with Crippen molar-refractivity contribution in [1.29, 1.82) is 0 Å². The Morgan fingerprint density at radius 3 is 2.55 bits per heavy atom. The van der Waals surface area contributed by atoms with E-state index in [9.17, 15) is 9.90 Å². The molecule has 11 heteroatoms. The Morgan fingerprint density at radius 2 is 1.89 bits per heavy atom. The minimum Gasteiger partial charge on any atom is -0.495 e. The van der Waals surface area contributed by atoms with Crippen molar-refractivity contribution in [3.05, 3.63) is 64.8 Å². The molecule has 2 aromatic heterocycles. The second kappa shape index (κ2) is 16.4. The lowest BCUT2D eigenvalue weighted by molar-refractivity contribution is 0.0950. The van der Waals surface area contributed by atoms with Crippen LogP contribution in [0.3, 0.4) is 0 Å². The number of hydrogen-bond donors (Lipinski definition) is 3. The van der Waals surface area contributed by atoms with Gasteiger partial charge in [0.2, 0.25) is 5.95 Å². The molecule has 0 spiro atoms. The zero-order chi connectivity index (χ0) is 27.9. The fourth-order valence-corrected chi connectivity index (χ4v) is 4.06. The number of rotatable bonds is 9. The first-order valence-corrected chi connectivity index (χ1v) is 13.3. The van der Waals surface area contributed by atoms with Gasteiger partial charge in [-0.15, -0.1) is 0 Å². The fraction of sp³-hybridized carbons (Fsp3) is 0.444. The minimum absolute atomic E-state index is 0.0236. The number of methoxy groups -OCH3 is 1. The number of hydrogen-bond acceptors (Lipinski definition) is 9. The van der Waals surface area contributed by atoms with Gasteiger partial charge in [-0.2, -0.15) is 4.98 Å². The first kappa shape index (κ1) is 30.7. The van der Waals surface area contributed by atoms with E-state index in [0.29, 0.717) is 40.5 Å². The number of carbonyl (C=O) groups is 1. The summed E-state index contributed by atoms with van der Waals surface area (Å²) < 4.78 is 5.21. The molecular formula is C27H38ClN7O3. The van der Waals surface area contributed by atoms with Crippen LogP contribution in [0, 0.1) is 0 Å². The van der Waals surface area contributed by atoms with E-state index in [1.165, 1.54) is 6.20 Å². The molecule has 206 valence electrons. The maximum atomic E-state index is 13.0. The van der Waals surface area contributed by atoms with Crippen molar-refractivity contribution in [3.8, 4) is 5.75 Å². The largest absolute Gasteiger partial charge is 0.495 e. The Kier molecular flexibility index (Phi) is 13.2. The van der Waals surface area contributed by atoms with E-state index in [4.69, 9.17) is 16.3 Å². The summed E-state index contributed by atoms with van der Waals surface area (Å²) in [5.41, 5.74) is 1.18. The van der Waals surface area contributed by atoms with Crippen molar-refractivity contribution in [2.45, 2.75) is 59.7 Å². The summed E-state index contributed by atoms with van der Waals surface area (Å²) in [6.45, 7) is 9.32. The van der Waals surface area contributed by atoms with E-state index in [-0.39, 0.29) is 25.1 Å². The van der Waals surface area contributed by atoms with Crippen LogP contribution >= 0.6 is 11.6 Å². The zero-order valence-corrected chi connectivity index (χ0v) is 23.5. The van der Waals surface area contributed by atoms with Gasteiger partial charge in [-0.25, -0.2) is 15.0 Å². The van der Waals surface area contributed by atoms with Crippen molar-refractivity contribution in [2.75, 3.05) is 30.5 Å². The number of halogens is 1. The van der Waals surface area contributed by atoms with Crippen molar-refractivity contribution >= 4 is 29.3 Å². The maximum Gasteiger partial charge on any atom is 0.256 e. The Bertz CT molecular complexity index is 1130. The minimum atomic E-state index is -0.352. The third-order valence-electron chi connectivity index (χ3n) is 5.57. The van der Waals surface area contributed by atoms with Gasteiger partial charge in [0.05, 0.1) is 31.3 Å². The highest BCUT2D eigenvalue weighted by molar-refractivity contribution is 6.32. The van der Waals surface area contributed by atoms with Gasteiger partial charge in [-0.1, -0.05) is 45.4 Å². The normalized spacial score (nSPS) is 14.0. The topological polar surface area (TPSA) is 125 Å². The van der Waals surface area contributed by atoms with Crippen LogP contribution in [-0.4, -0.2) is 57.3 Å². The molecule has 38 heavy (non-hydrogen) atoms. The van der Waals surface area contributed by atoms with Gasteiger partial charge in [0.25, 0.3) is 5.91 Å². The number of aliphatic hydroxyl groups is 1. The fourth-order valence-electron chi connectivity index (χ4n) is 3.78. The molecule has 1 saturated heterocycles. The molecule has 1 atom stereocenters. The molecule has 1 fully saturated rings. The summed E-state index contributed by atoms with van der Waals surface area (Å²) in [7, 11) is 1.56. The second-order valence-corrected chi connectivity index (χ2v) is 8.18. The number of benzene rings is 1. The van der Waals surface area contributed by atoms with Gasteiger partial charge < -0.3 is 25.4 Å². The Hall–Kier alpha value is -3.50. The quantitative estimate of drug-likeness (QED) is 0.358. The number of aliphatic hydroxyl groups excluding tert-OH is 1. The van der Waals surface area contributed by atoms with Crippen LogP contribution in [0.15, 0.2) is 42.9 Å². The first-order chi connectivity index (χ1) is 18.6. The Labute approximate surface area is 229 Å². The molecule has 1 aromatic carbocycles. The Morgan fingerprint density at radius 1 is 1.16 bits per heavy atom. The van der Waals surface area contributed by atoms with E-state index in [2.05, 4.69) is 30.6 Å². The van der Waals surface area contributed by atoms with Crippen molar-refractivity contribution in [3.63, 3.8) is 0 Å². The van der Waals surface area contributed by atoms with Crippen LogP contribution in [0.2, 0.25) is 5.02 Å². The molecule has 1 aliphatic rings. The molecule has 0 aliphatic carbocycles. The summed E-state index contributed by atoms with van der Waals surface area (Å²) in [4.78, 5) is 32.2. The average molecular weight is 544 g/mol. The standard InChI is InChI=1S/C23H26ClN7O3.2C2H6/c1-34-19-6-5-15(10-18(19)24)11-27-21-17(22(33)28-13-20-25-7-3-8-26-20)12-29-23(30-21)31-9-2-4-16(31)14-32;2*1-2/h3,5-8,10,12,16,32H,2,4,9,11,13-14H2,1H3,(H,28,33)(H,27,29,30);2*1-2H3. The maximum absolute atomic E-state index is 13.0. The SMILES string of the molecule is CC.CC.COc1ccc(CNc2nc(N3CCCC3CO)ncc2C(=O)NCc2ncccn2)cc1Cl. The molecular weight excluding hydrogens is 506 g/mol. The molecule has 4 rings (SSSR count). The van der Waals surface area contributed by atoms with E-state index >= 15 is 0 Å². The van der Waals surface area contributed by atoms with Gasteiger partial charge in [-0.05, 0) is 36.6 Å². The van der Waals surface area contributed by atoms with Crippen molar-refractivity contribution in [1.82, 2.24) is 25.3 Å². The molecule has 0 radical (unpaired) electrons. The highest BCUT2D eigenvalue weighted by atomic mass is 35.5. The third kappa shape index (κ3) is 8.26. The number of carbonyl (C=O) groups excluding carboxylic acids is 1. The van der Waals surface area contributed by atoms with Crippen LogP contribution in [0.25, 0.3) is 0 Å². The van der Waals surface area contributed by atoms with E-state index in [0.717, 1.165) is 24.9 Å². The van der Waals surface area contributed by atoms with Crippen LogP contribution < -0.4 is 20.3 Å². The molecule has 3 N–H and O–H groups in total. The lowest BCUT2D eigenvalue weighted by Crippen LogP contribution is -2.34. The van der Waals surface area contributed by atoms with Crippen LogP contribution in [-0.2, 0) is 13.1 Å². The third-order valence-corrected chi connectivity index (χ3v) is 5.86. The van der Waals surface area contributed by atoms with Crippen molar-refractivity contribution in [2.24, 2.45) is 0 Å². The van der Waals surface area contributed by atoms with Gasteiger partial charge in [0.1, 0.15) is 23.0 Å². The van der Waals surface area contributed by atoms with Crippen LogP contribution in [0.1, 0.15) is 62.3 Å². The summed E-state index contributed by atoms with van der Waals surface area (Å²) in [5.74, 6) is 1.58. The summed E-state index contributed by atoms with van der Waals surface area (Å²) in [6.07, 6.45) is 6.55.